The third kappa shape index (κ3) is 3.77. The van der Waals surface area contributed by atoms with Gasteiger partial charge in [0, 0.05) is 30.8 Å². The maximum absolute atomic E-state index is 12.8. The van der Waals surface area contributed by atoms with Gasteiger partial charge in [0.05, 0.1) is 4.92 Å². The highest BCUT2D eigenvalue weighted by molar-refractivity contribution is 5.95. The summed E-state index contributed by atoms with van der Waals surface area (Å²) in [5.74, 6) is -0.224. The van der Waals surface area contributed by atoms with Crippen molar-refractivity contribution in [2.45, 2.75) is 25.3 Å². The topological polar surface area (TPSA) is 120 Å². The number of halogens is 1. The van der Waals surface area contributed by atoms with Gasteiger partial charge in [-0.05, 0) is 31.4 Å². The average molecular weight is 367 g/mol. The molecule has 1 amide bonds. The first kappa shape index (κ1) is 18.8. The molecular weight excluding hydrogens is 348 g/mol. The van der Waals surface area contributed by atoms with E-state index in [2.05, 4.69) is 10.1 Å². The predicted octanol–water partition coefficient (Wildman–Crippen LogP) is 1.55. The van der Waals surface area contributed by atoms with Gasteiger partial charge in [-0.15, -0.1) is 12.4 Å². The highest BCUT2D eigenvalue weighted by Gasteiger charge is 2.28. The summed E-state index contributed by atoms with van der Waals surface area (Å²) >= 11 is 0. The number of hydrogen-bond donors (Lipinski definition) is 1. The number of carbonyl (C=O) groups excluding carboxylic acids is 1. The summed E-state index contributed by atoms with van der Waals surface area (Å²) in [6.45, 7) is 1.02. The molecule has 1 saturated heterocycles. The second-order valence-corrected chi connectivity index (χ2v) is 5.68. The summed E-state index contributed by atoms with van der Waals surface area (Å²) in [4.78, 5) is 29.1. The number of nitro benzene ring substituents is 1. The van der Waals surface area contributed by atoms with Crippen molar-refractivity contribution in [3.8, 4) is 5.69 Å². The Labute approximate surface area is 150 Å². The van der Waals surface area contributed by atoms with E-state index in [1.54, 1.807) is 11.0 Å². The molecule has 3 rings (SSSR count). The second-order valence-electron chi connectivity index (χ2n) is 5.68. The van der Waals surface area contributed by atoms with Crippen LogP contribution in [0.15, 0.2) is 30.9 Å². The van der Waals surface area contributed by atoms with Gasteiger partial charge in [-0.1, -0.05) is 0 Å². The second kappa shape index (κ2) is 8.04. The van der Waals surface area contributed by atoms with Gasteiger partial charge in [0.25, 0.3) is 11.6 Å². The first-order valence-corrected chi connectivity index (χ1v) is 7.76. The van der Waals surface area contributed by atoms with Crippen LogP contribution in [0.2, 0.25) is 0 Å². The number of nitrogens with two attached hydrogens (primary N) is 1. The van der Waals surface area contributed by atoms with Crippen LogP contribution in [0.3, 0.4) is 0 Å². The molecule has 0 bridgehead atoms. The minimum Gasteiger partial charge on any atom is -0.334 e. The van der Waals surface area contributed by atoms with Gasteiger partial charge in [0.1, 0.15) is 18.3 Å². The molecule has 9 nitrogen and oxygen atoms in total. The van der Waals surface area contributed by atoms with E-state index in [4.69, 9.17) is 5.73 Å². The van der Waals surface area contributed by atoms with Gasteiger partial charge in [0.15, 0.2) is 0 Å². The fraction of sp³-hybridized carbons (Fsp3) is 0.400. The van der Waals surface area contributed by atoms with Gasteiger partial charge < -0.3 is 10.6 Å². The van der Waals surface area contributed by atoms with Crippen molar-refractivity contribution in [3.05, 3.63) is 46.5 Å². The zero-order chi connectivity index (χ0) is 17.1. The predicted molar refractivity (Wildman–Crippen MR) is 93.0 cm³/mol. The van der Waals surface area contributed by atoms with E-state index in [-0.39, 0.29) is 41.3 Å². The van der Waals surface area contributed by atoms with Crippen molar-refractivity contribution in [1.82, 2.24) is 19.7 Å². The van der Waals surface area contributed by atoms with Crippen molar-refractivity contribution in [2.75, 3.05) is 13.1 Å². The van der Waals surface area contributed by atoms with Crippen molar-refractivity contribution in [1.29, 1.82) is 0 Å². The number of likely N-dealkylation sites (tertiary alicyclic amines) is 1. The Balaban J connectivity index is 0.00000225. The lowest BCUT2D eigenvalue weighted by atomic mass is 10.0. The van der Waals surface area contributed by atoms with E-state index in [1.807, 2.05) is 0 Å². The minimum absolute atomic E-state index is 0. The third-order valence-corrected chi connectivity index (χ3v) is 4.24. The fourth-order valence-corrected chi connectivity index (χ4v) is 3.01. The van der Waals surface area contributed by atoms with Crippen LogP contribution in [0.4, 0.5) is 5.69 Å². The molecule has 1 fully saturated rings. The van der Waals surface area contributed by atoms with Crippen LogP contribution in [-0.4, -0.2) is 49.6 Å². The number of amides is 1. The summed E-state index contributed by atoms with van der Waals surface area (Å²) in [6.07, 6.45) is 5.49. The van der Waals surface area contributed by atoms with E-state index in [0.717, 1.165) is 19.3 Å². The molecule has 1 atom stereocenters. The largest absolute Gasteiger partial charge is 0.334 e. The van der Waals surface area contributed by atoms with Crippen LogP contribution in [0.25, 0.3) is 5.69 Å². The number of rotatable bonds is 4. The SMILES string of the molecule is Cl.NCC1CCCCN1C(=O)c1ccc(-n2cncn2)c([N+](=O)[O-])c1. The van der Waals surface area contributed by atoms with Crippen LogP contribution in [0, 0.1) is 10.1 Å². The summed E-state index contributed by atoms with van der Waals surface area (Å²) in [5, 5.41) is 15.3. The standard InChI is InChI=1S/C15H18N6O3.ClH/c16-8-12-3-1-2-6-19(12)15(22)11-4-5-13(14(7-11)21(23)24)20-10-17-9-18-20;/h4-5,7,9-10,12H,1-3,6,8,16H2;1H. The molecule has 1 unspecified atom stereocenters. The first-order valence-electron chi connectivity index (χ1n) is 7.76. The normalized spacial score (nSPS) is 17.0. The summed E-state index contributed by atoms with van der Waals surface area (Å²) in [6, 6.07) is 4.37. The number of nitrogens with zero attached hydrogens (tertiary/aromatic N) is 5. The lowest BCUT2D eigenvalue weighted by Crippen LogP contribution is -2.47. The van der Waals surface area contributed by atoms with Gasteiger partial charge in [-0.3, -0.25) is 14.9 Å². The van der Waals surface area contributed by atoms with E-state index < -0.39 is 4.92 Å². The maximum atomic E-state index is 12.8. The zero-order valence-electron chi connectivity index (χ0n) is 13.4. The zero-order valence-corrected chi connectivity index (χ0v) is 14.3. The lowest BCUT2D eigenvalue weighted by Gasteiger charge is -2.35. The molecule has 2 heterocycles. The van der Waals surface area contributed by atoms with Gasteiger partial charge in [0.2, 0.25) is 0 Å². The molecule has 1 aromatic carbocycles. The average Bonchev–Trinajstić information content (AvgIpc) is 3.15. The van der Waals surface area contributed by atoms with Crippen LogP contribution < -0.4 is 5.73 Å². The quantitative estimate of drug-likeness (QED) is 0.647. The fourth-order valence-electron chi connectivity index (χ4n) is 3.01. The Kier molecular flexibility index (Phi) is 6.05. The summed E-state index contributed by atoms with van der Waals surface area (Å²) < 4.78 is 1.30. The Hall–Kier alpha value is -2.52. The molecule has 2 aromatic rings. The maximum Gasteiger partial charge on any atom is 0.295 e. The molecular formula is C15H19ClN6O3. The molecule has 25 heavy (non-hydrogen) atoms. The molecule has 2 N–H and O–H groups in total. The minimum atomic E-state index is -0.523. The number of nitro groups is 1. The first-order chi connectivity index (χ1) is 11.6. The van der Waals surface area contributed by atoms with Crippen LogP contribution >= 0.6 is 12.4 Å². The summed E-state index contributed by atoms with van der Waals surface area (Å²) in [7, 11) is 0. The smallest absolute Gasteiger partial charge is 0.295 e. The lowest BCUT2D eigenvalue weighted by molar-refractivity contribution is -0.384. The molecule has 1 aromatic heterocycles. The molecule has 10 heteroatoms. The van der Waals surface area contributed by atoms with Gasteiger partial charge in [-0.2, -0.15) is 5.10 Å². The van der Waals surface area contributed by atoms with Crippen LogP contribution in [-0.2, 0) is 0 Å². The molecule has 134 valence electrons. The Bertz CT molecular complexity index is 752. The van der Waals surface area contributed by atoms with Gasteiger partial charge in [-0.25, -0.2) is 9.67 Å². The molecule has 0 saturated carbocycles. The third-order valence-electron chi connectivity index (χ3n) is 4.24. The van der Waals surface area contributed by atoms with Crippen LogP contribution in [0.1, 0.15) is 29.6 Å². The van der Waals surface area contributed by atoms with E-state index in [9.17, 15) is 14.9 Å². The number of piperidine rings is 1. The molecule has 0 radical (unpaired) electrons. The number of hydrogen-bond acceptors (Lipinski definition) is 6. The molecule has 1 aliphatic heterocycles. The number of carbonyl (C=O) groups is 1. The van der Waals surface area contributed by atoms with E-state index in [1.165, 1.54) is 29.5 Å². The Morgan fingerprint density at radius 1 is 1.40 bits per heavy atom. The van der Waals surface area contributed by atoms with Crippen LogP contribution in [0.5, 0.6) is 0 Å². The Morgan fingerprint density at radius 3 is 2.84 bits per heavy atom. The van der Waals surface area contributed by atoms with E-state index >= 15 is 0 Å². The highest BCUT2D eigenvalue weighted by atomic mass is 35.5. The van der Waals surface area contributed by atoms with Crippen molar-refractivity contribution < 1.29 is 9.72 Å². The molecule has 0 spiro atoms. The van der Waals surface area contributed by atoms with Crippen molar-refractivity contribution >= 4 is 24.0 Å². The molecule has 0 aliphatic carbocycles. The number of aromatic nitrogens is 3. The number of benzene rings is 1. The van der Waals surface area contributed by atoms with Crippen molar-refractivity contribution in [3.63, 3.8) is 0 Å². The van der Waals surface area contributed by atoms with E-state index in [0.29, 0.717) is 13.1 Å². The monoisotopic (exact) mass is 366 g/mol. The Morgan fingerprint density at radius 2 is 2.20 bits per heavy atom. The molecule has 1 aliphatic rings. The van der Waals surface area contributed by atoms with Crippen molar-refractivity contribution in [2.24, 2.45) is 5.73 Å². The van der Waals surface area contributed by atoms with Gasteiger partial charge >= 0.3 is 0 Å². The highest BCUT2D eigenvalue weighted by Crippen LogP contribution is 2.26. The summed E-state index contributed by atoms with van der Waals surface area (Å²) in [5.41, 5.74) is 6.12.